The minimum Gasteiger partial charge on any atom is -0.389 e. The van der Waals surface area contributed by atoms with Gasteiger partial charge in [0.05, 0.1) is 12.2 Å². The molecule has 1 aromatic rings. The third-order valence-corrected chi connectivity index (χ3v) is 3.45. The Balaban J connectivity index is 1.98. The maximum absolute atomic E-state index is 12.9. The molecule has 18 heavy (non-hydrogen) atoms. The number of aliphatic hydroxyl groups excluding tert-OH is 1. The van der Waals surface area contributed by atoms with Gasteiger partial charge in [-0.05, 0) is 24.6 Å². The van der Waals surface area contributed by atoms with Crippen LogP contribution in [0.5, 0.6) is 0 Å². The van der Waals surface area contributed by atoms with Gasteiger partial charge in [0, 0.05) is 31.3 Å². The van der Waals surface area contributed by atoms with Crippen LogP contribution in [0.15, 0.2) is 18.2 Å². The van der Waals surface area contributed by atoms with Crippen molar-refractivity contribution in [1.29, 1.82) is 0 Å². The molecule has 0 amide bonds. The van der Waals surface area contributed by atoms with Crippen molar-refractivity contribution >= 4 is 11.6 Å². The smallest absolute Gasteiger partial charge is 0.124 e. The Kier molecular flexibility index (Phi) is 4.56. The van der Waals surface area contributed by atoms with Crippen molar-refractivity contribution in [3.05, 3.63) is 34.6 Å². The van der Waals surface area contributed by atoms with Gasteiger partial charge >= 0.3 is 0 Å². The molecule has 3 nitrogen and oxygen atoms in total. The molecule has 0 aromatic heterocycles. The molecule has 1 fully saturated rings. The van der Waals surface area contributed by atoms with E-state index in [-0.39, 0.29) is 11.9 Å². The van der Waals surface area contributed by atoms with E-state index in [1.165, 1.54) is 12.1 Å². The standard InChI is InChI=1S/C13H17ClFNO2/c1-2-18-13-8-16(7-12(13)17)6-9-3-4-10(15)5-11(9)14/h3-5,12-13,17H,2,6-8H2,1H3/t12-,13-/m0/s1. The Morgan fingerprint density at radius 3 is 2.94 bits per heavy atom. The zero-order valence-corrected chi connectivity index (χ0v) is 11.0. The fourth-order valence-corrected chi connectivity index (χ4v) is 2.46. The third kappa shape index (κ3) is 3.20. The van der Waals surface area contributed by atoms with E-state index in [0.29, 0.717) is 31.3 Å². The molecule has 1 aromatic carbocycles. The van der Waals surface area contributed by atoms with Gasteiger partial charge in [0.2, 0.25) is 0 Å². The van der Waals surface area contributed by atoms with Crippen LogP contribution in [-0.2, 0) is 11.3 Å². The van der Waals surface area contributed by atoms with Crippen LogP contribution in [0.2, 0.25) is 5.02 Å². The average Bonchev–Trinajstić information content (AvgIpc) is 2.64. The van der Waals surface area contributed by atoms with Crippen LogP contribution >= 0.6 is 11.6 Å². The van der Waals surface area contributed by atoms with Crippen molar-refractivity contribution in [2.45, 2.75) is 25.7 Å². The first kappa shape index (κ1) is 13.7. The molecule has 0 spiro atoms. The van der Waals surface area contributed by atoms with Crippen molar-refractivity contribution in [1.82, 2.24) is 4.90 Å². The monoisotopic (exact) mass is 273 g/mol. The first-order valence-corrected chi connectivity index (χ1v) is 6.44. The van der Waals surface area contributed by atoms with E-state index >= 15 is 0 Å². The van der Waals surface area contributed by atoms with Gasteiger partial charge in [-0.1, -0.05) is 17.7 Å². The molecule has 0 bridgehead atoms. The Hall–Kier alpha value is -0.680. The van der Waals surface area contributed by atoms with Crippen LogP contribution in [0.3, 0.4) is 0 Å². The third-order valence-electron chi connectivity index (χ3n) is 3.10. The largest absolute Gasteiger partial charge is 0.389 e. The van der Waals surface area contributed by atoms with Gasteiger partial charge in [0.25, 0.3) is 0 Å². The van der Waals surface area contributed by atoms with Gasteiger partial charge in [0.15, 0.2) is 0 Å². The SMILES string of the molecule is CCO[C@H]1CN(Cc2ccc(F)cc2Cl)C[C@@H]1O. The summed E-state index contributed by atoms with van der Waals surface area (Å²) in [6.45, 7) is 4.32. The fraction of sp³-hybridized carbons (Fsp3) is 0.538. The number of hydrogen-bond donors (Lipinski definition) is 1. The second-order valence-corrected chi connectivity index (χ2v) is 4.90. The Morgan fingerprint density at radius 2 is 2.28 bits per heavy atom. The first-order chi connectivity index (χ1) is 8.60. The summed E-state index contributed by atoms with van der Waals surface area (Å²) in [7, 11) is 0. The molecular formula is C13H17ClFNO2. The topological polar surface area (TPSA) is 32.7 Å². The molecule has 0 radical (unpaired) electrons. The number of benzene rings is 1. The molecule has 0 saturated carbocycles. The highest BCUT2D eigenvalue weighted by atomic mass is 35.5. The molecule has 1 N–H and O–H groups in total. The molecule has 1 aliphatic heterocycles. The number of nitrogens with zero attached hydrogens (tertiary/aromatic N) is 1. The predicted octanol–water partition coefficient (Wildman–Crippen LogP) is 2.06. The average molecular weight is 274 g/mol. The van der Waals surface area contributed by atoms with Gasteiger partial charge in [0.1, 0.15) is 5.82 Å². The predicted molar refractivity (Wildman–Crippen MR) is 68.1 cm³/mol. The van der Waals surface area contributed by atoms with Crippen molar-refractivity contribution in [2.75, 3.05) is 19.7 Å². The van der Waals surface area contributed by atoms with Crippen molar-refractivity contribution in [3.63, 3.8) is 0 Å². The number of aliphatic hydroxyl groups is 1. The van der Waals surface area contributed by atoms with Gasteiger partial charge in [-0.25, -0.2) is 4.39 Å². The molecule has 0 unspecified atom stereocenters. The molecule has 1 heterocycles. The molecule has 5 heteroatoms. The van der Waals surface area contributed by atoms with Crippen LogP contribution in [0.4, 0.5) is 4.39 Å². The summed E-state index contributed by atoms with van der Waals surface area (Å²) in [5.74, 6) is -0.336. The van der Waals surface area contributed by atoms with Crippen LogP contribution < -0.4 is 0 Å². The Bertz CT molecular complexity index is 416. The van der Waals surface area contributed by atoms with E-state index in [4.69, 9.17) is 16.3 Å². The number of β-amino-alcohol motifs (C(OH)–C–C–N with tert-alkyl or cyclic N) is 1. The van der Waals surface area contributed by atoms with E-state index in [0.717, 1.165) is 5.56 Å². The van der Waals surface area contributed by atoms with E-state index in [1.807, 2.05) is 6.92 Å². The van der Waals surface area contributed by atoms with Crippen molar-refractivity contribution in [3.8, 4) is 0 Å². The highest BCUT2D eigenvalue weighted by Crippen LogP contribution is 2.22. The molecule has 1 aliphatic rings. The number of likely N-dealkylation sites (tertiary alicyclic amines) is 1. The zero-order chi connectivity index (χ0) is 13.1. The van der Waals surface area contributed by atoms with Gasteiger partial charge in [-0.3, -0.25) is 4.90 Å². The Morgan fingerprint density at radius 1 is 1.50 bits per heavy atom. The minimum atomic E-state index is -0.468. The number of rotatable bonds is 4. The molecule has 100 valence electrons. The van der Waals surface area contributed by atoms with Gasteiger partial charge in [-0.15, -0.1) is 0 Å². The van der Waals surface area contributed by atoms with E-state index in [9.17, 15) is 9.50 Å². The molecule has 2 atom stereocenters. The van der Waals surface area contributed by atoms with Crippen LogP contribution in [0.25, 0.3) is 0 Å². The summed E-state index contributed by atoms with van der Waals surface area (Å²) in [4.78, 5) is 2.06. The highest BCUT2D eigenvalue weighted by Gasteiger charge is 2.31. The number of halogens is 2. The first-order valence-electron chi connectivity index (χ1n) is 6.06. The second kappa shape index (κ2) is 5.97. The van der Waals surface area contributed by atoms with Gasteiger partial charge < -0.3 is 9.84 Å². The quantitative estimate of drug-likeness (QED) is 0.912. The van der Waals surface area contributed by atoms with E-state index in [1.54, 1.807) is 6.07 Å². The molecular weight excluding hydrogens is 257 g/mol. The lowest BCUT2D eigenvalue weighted by Crippen LogP contribution is -2.26. The second-order valence-electron chi connectivity index (χ2n) is 4.49. The number of ether oxygens (including phenoxy) is 1. The molecule has 1 saturated heterocycles. The molecule has 0 aliphatic carbocycles. The van der Waals surface area contributed by atoms with E-state index in [2.05, 4.69) is 4.90 Å². The van der Waals surface area contributed by atoms with Crippen molar-refractivity contribution in [2.24, 2.45) is 0 Å². The summed E-state index contributed by atoms with van der Waals surface area (Å²) < 4.78 is 18.4. The molecule has 2 rings (SSSR count). The summed E-state index contributed by atoms with van der Waals surface area (Å²) >= 11 is 5.98. The maximum atomic E-state index is 12.9. The van der Waals surface area contributed by atoms with Crippen LogP contribution in [-0.4, -0.2) is 41.9 Å². The fourth-order valence-electron chi connectivity index (χ4n) is 2.23. The lowest BCUT2D eigenvalue weighted by Gasteiger charge is -2.16. The normalized spacial score (nSPS) is 24.7. The lowest BCUT2D eigenvalue weighted by molar-refractivity contribution is -0.00245. The lowest BCUT2D eigenvalue weighted by atomic mass is 10.2. The summed E-state index contributed by atoms with van der Waals surface area (Å²) in [5.41, 5.74) is 0.863. The summed E-state index contributed by atoms with van der Waals surface area (Å²) in [6, 6.07) is 4.38. The van der Waals surface area contributed by atoms with Crippen LogP contribution in [0, 0.1) is 5.82 Å². The minimum absolute atomic E-state index is 0.144. The Labute approximate surface area is 111 Å². The van der Waals surface area contributed by atoms with Crippen molar-refractivity contribution < 1.29 is 14.2 Å². The maximum Gasteiger partial charge on any atom is 0.124 e. The summed E-state index contributed by atoms with van der Waals surface area (Å²) in [5, 5.41) is 10.2. The van der Waals surface area contributed by atoms with Gasteiger partial charge in [-0.2, -0.15) is 0 Å². The summed E-state index contributed by atoms with van der Waals surface area (Å²) in [6.07, 6.45) is -0.613. The highest BCUT2D eigenvalue weighted by molar-refractivity contribution is 6.31. The zero-order valence-electron chi connectivity index (χ0n) is 10.3. The van der Waals surface area contributed by atoms with Crippen LogP contribution in [0.1, 0.15) is 12.5 Å². The number of hydrogen-bond acceptors (Lipinski definition) is 3. The van der Waals surface area contributed by atoms with E-state index < -0.39 is 6.10 Å².